The number of carbonyl (C=O) groups is 3. The molecule has 8 heteroatoms. The smallest absolute Gasteiger partial charge is 0.343 e. The van der Waals surface area contributed by atoms with Gasteiger partial charge in [0.1, 0.15) is 5.75 Å². The number of carbonyl (C=O) groups excluding carboxylic acids is 3. The van der Waals surface area contributed by atoms with Crippen molar-refractivity contribution in [2.24, 2.45) is 0 Å². The van der Waals surface area contributed by atoms with Crippen molar-refractivity contribution in [3.63, 3.8) is 0 Å². The Morgan fingerprint density at radius 2 is 1.50 bits per heavy atom. The Bertz CT molecular complexity index is 724. The maximum absolute atomic E-state index is 12.7. The first-order valence-electron chi connectivity index (χ1n) is 11.4. The quantitative estimate of drug-likeness (QED) is 0.192. The highest BCUT2D eigenvalue weighted by molar-refractivity contribution is 6.76. The number of nitrogens with one attached hydrogen (secondary N) is 1. The average Bonchev–Trinajstić information content (AvgIpc) is 2.71. The monoisotopic (exact) mass is 465 g/mol. The molecule has 0 heterocycles. The number of rotatable bonds is 14. The van der Waals surface area contributed by atoms with Crippen molar-refractivity contribution in [1.82, 2.24) is 5.32 Å². The van der Waals surface area contributed by atoms with Gasteiger partial charge in [-0.25, -0.2) is 9.59 Å². The standard InChI is InChI=1S/C24H39NO6Si/c1-7-29-22(27)24(25-19(3)26,23(28)30-8-2)16-15-20-11-13-21(14-12-20)31-17-9-10-18-32(4,5)6/h11-14H,7-10,15-18H2,1-6H3,(H,25,26). The molecule has 32 heavy (non-hydrogen) atoms. The minimum atomic E-state index is -1.87. The molecule has 0 aliphatic heterocycles. The van der Waals surface area contributed by atoms with Crippen LogP contribution in [0.3, 0.4) is 0 Å². The second-order valence-electron chi connectivity index (χ2n) is 9.04. The highest BCUT2D eigenvalue weighted by Crippen LogP contribution is 2.22. The van der Waals surface area contributed by atoms with Crippen LogP contribution < -0.4 is 10.1 Å². The van der Waals surface area contributed by atoms with Gasteiger partial charge in [0.15, 0.2) is 0 Å². The molecular weight excluding hydrogens is 426 g/mol. The summed E-state index contributed by atoms with van der Waals surface area (Å²) in [5.41, 5.74) is -0.969. The van der Waals surface area contributed by atoms with E-state index in [1.54, 1.807) is 13.8 Å². The van der Waals surface area contributed by atoms with E-state index in [1.165, 1.54) is 19.4 Å². The average molecular weight is 466 g/mol. The summed E-state index contributed by atoms with van der Waals surface area (Å²) >= 11 is 0. The molecule has 1 amide bonds. The molecule has 0 atom stereocenters. The summed E-state index contributed by atoms with van der Waals surface area (Å²) in [6, 6.07) is 8.84. The van der Waals surface area contributed by atoms with Crippen LogP contribution in [0.1, 0.15) is 45.6 Å². The molecule has 0 saturated carbocycles. The van der Waals surface area contributed by atoms with Gasteiger partial charge in [0.05, 0.1) is 19.8 Å². The molecule has 1 aromatic rings. The third kappa shape index (κ3) is 9.42. The first-order valence-corrected chi connectivity index (χ1v) is 15.1. The van der Waals surface area contributed by atoms with E-state index in [4.69, 9.17) is 14.2 Å². The number of benzene rings is 1. The highest BCUT2D eigenvalue weighted by atomic mass is 28.3. The van der Waals surface area contributed by atoms with Crippen LogP contribution in [-0.2, 0) is 30.3 Å². The van der Waals surface area contributed by atoms with Crippen molar-refractivity contribution in [2.45, 2.75) is 77.7 Å². The SMILES string of the molecule is CCOC(=O)C(CCc1ccc(OCCCC[Si](C)(C)C)cc1)(NC(C)=O)C(=O)OCC. The van der Waals surface area contributed by atoms with Crippen molar-refractivity contribution in [3.05, 3.63) is 29.8 Å². The molecule has 0 aromatic heterocycles. The van der Waals surface area contributed by atoms with E-state index in [0.717, 1.165) is 17.7 Å². The van der Waals surface area contributed by atoms with Crippen LogP contribution in [-0.4, -0.2) is 51.3 Å². The van der Waals surface area contributed by atoms with Gasteiger partial charge in [0.2, 0.25) is 11.4 Å². The number of unbranched alkanes of at least 4 members (excludes halogenated alkanes) is 1. The van der Waals surface area contributed by atoms with Crippen molar-refractivity contribution < 1.29 is 28.6 Å². The zero-order chi connectivity index (χ0) is 24.2. The lowest BCUT2D eigenvalue weighted by atomic mass is 9.90. The number of amides is 1. The molecule has 7 nitrogen and oxygen atoms in total. The molecule has 0 unspecified atom stereocenters. The van der Waals surface area contributed by atoms with Crippen molar-refractivity contribution in [3.8, 4) is 5.75 Å². The second-order valence-corrected chi connectivity index (χ2v) is 14.7. The van der Waals surface area contributed by atoms with Gasteiger partial charge in [-0.15, -0.1) is 0 Å². The molecule has 0 bridgehead atoms. The Balaban J connectivity index is 2.79. The van der Waals surface area contributed by atoms with Crippen LogP contribution in [0.4, 0.5) is 0 Å². The van der Waals surface area contributed by atoms with Gasteiger partial charge in [0, 0.05) is 15.0 Å². The van der Waals surface area contributed by atoms with E-state index in [0.29, 0.717) is 13.0 Å². The fourth-order valence-electron chi connectivity index (χ4n) is 3.29. The number of hydrogen-bond donors (Lipinski definition) is 1. The molecule has 0 aliphatic rings. The van der Waals surface area contributed by atoms with Gasteiger partial charge in [-0.05, 0) is 50.8 Å². The molecule has 0 aliphatic carbocycles. The molecular formula is C24H39NO6Si. The van der Waals surface area contributed by atoms with Gasteiger partial charge in [-0.3, -0.25) is 4.79 Å². The molecule has 0 spiro atoms. The molecule has 1 aromatic carbocycles. The first-order chi connectivity index (χ1) is 15.0. The Kier molecular flexibility index (Phi) is 11.5. The topological polar surface area (TPSA) is 90.9 Å². The summed E-state index contributed by atoms with van der Waals surface area (Å²) in [4.78, 5) is 37.1. The largest absolute Gasteiger partial charge is 0.494 e. The van der Waals surface area contributed by atoms with Gasteiger partial charge < -0.3 is 19.5 Å². The zero-order valence-electron chi connectivity index (χ0n) is 20.4. The summed E-state index contributed by atoms with van der Waals surface area (Å²) in [7, 11) is -1.00. The van der Waals surface area contributed by atoms with Crippen LogP contribution in [0.15, 0.2) is 24.3 Å². The minimum absolute atomic E-state index is 0.0289. The Labute approximate surface area is 193 Å². The number of hydrogen-bond acceptors (Lipinski definition) is 6. The fraction of sp³-hybridized carbons (Fsp3) is 0.625. The third-order valence-electron chi connectivity index (χ3n) is 4.94. The Hall–Kier alpha value is -2.35. The van der Waals surface area contributed by atoms with Crippen LogP contribution in [0, 0.1) is 0 Å². The normalized spacial score (nSPS) is 11.6. The van der Waals surface area contributed by atoms with E-state index in [1.807, 2.05) is 24.3 Å². The maximum Gasteiger partial charge on any atom is 0.343 e. The summed E-state index contributed by atoms with van der Waals surface area (Å²) < 4.78 is 16.0. The predicted octanol–water partition coefficient (Wildman–Crippen LogP) is 4.12. The van der Waals surface area contributed by atoms with Crippen LogP contribution in [0.25, 0.3) is 0 Å². The van der Waals surface area contributed by atoms with Crippen molar-refractivity contribution >= 4 is 25.9 Å². The third-order valence-corrected chi connectivity index (χ3v) is 6.79. The Morgan fingerprint density at radius 3 is 1.97 bits per heavy atom. The van der Waals surface area contributed by atoms with E-state index in [-0.39, 0.29) is 19.6 Å². The number of ether oxygens (including phenoxy) is 3. The number of aryl methyl sites for hydroxylation is 1. The molecule has 180 valence electrons. The highest BCUT2D eigenvalue weighted by Gasteiger charge is 2.49. The first kappa shape index (κ1) is 27.7. The van der Waals surface area contributed by atoms with E-state index in [2.05, 4.69) is 25.0 Å². The van der Waals surface area contributed by atoms with Crippen molar-refractivity contribution in [2.75, 3.05) is 19.8 Å². The summed E-state index contributed by atoms with van der Waals surface area (Å²) in [5.74, 6) is -1.35. The van der Waals surface area contributed by atoms with Crippen LogP contribution in [0.2, 0.25) is 25.7 Å². The van der Waals surface area contributed by atoms with Crippen molar-refractivity contribution in [1.29, 1.82) is 0 Å². The zero-order valence-corrected chi connectivity index (χ0v) is 21.4. The van der Waals surface area contributed by atoms with E-state index >= 15 is 0 Å². The van der Waals surface area contributed by atoms with E-state index in [9.17, 15) is 14.4 Å². The lowest BCUT2D eigenvalue weighted by Gasteiger charge is -2.29. The summed E-state index contributed by atoms with van der Waals surface area (Å²) in [5, 5.41) is 2.48. The molecule has 0 saturated heterocycles. The number of esters is 2. The predicted molar refractivity (Wildman–Crippen MR) is 127 cm³/mol. The molecule has 1 N–H and O–H groups in total. The van der Waals surface area contributed by atoms with Gasteiger partial charge >= 0.3 is 11.9 Å². The maximum atomic E-state index is 12.7. The van der Waals surface area contributed by atoms with Crippen LogP contribution >= 0.6 is 0 Å². The summed E-state index contributed by atoms with van der Waals surface area (Å²) in [6.07, 6.45) is 2.61. The van der Waals surface area contributed by atoms with Gasteiger partial charge in [-0.2, -0.15) is 0 Å². The molecule has 0 radical (unpaired) electrons. The second kappa shape index (κ2) is 13.3. The molecule has 0 fully saturated rings. The fourth-order valence-corrected chi connectivity index (χ4v) is 4.60. The minimum Gasteiger partial charge on any atom is -0.494 e. The van der Waals surface area contributed by atoms with Gasteiger partial charge in [0.25, 0.3) is 0 Å². The lowest BCUT2D eigenvalue weighted by Crippen LogP contribution is -2.61. The van der Waals surface area contributed by atoms with E-state index < -0.39 is 31.5 Å². The lowest BCUT2D eigenvalue weighted by molar-refractivity contribution is -0.168. The van der Waals surface area contributed by atoms with Crippen LogP contribution in [0.5, 0.6) is 5.75 Å². The molecule has 1 rings (SSSR count). The Morgan fingerprint density at radius 1 is 0.938 bits per heavy atom. The summed E-state index contributed by atoms with van der Waals surface area (Å²) in [6.45, 7) is 12.5. The van der Waals surface area contributed by atoms with Gasteiger partial charge in [-0.1, -0.05) is 44.2 Å².